The fraction of sp³-hybridized carbons (Fsp3) is 0.400. The summed E-state index contributed by atoms with van der Waals surface area (Å²) in [4.78, 5) is 7.74. The molecule has 0 N–H and O–H groups in total. The van der Waals surface area contributed by atoms with Crippen LogP contribution in [0.4, 0.5) is 0 Å². The average Bonchev–Trinajstić information content (AvgIpc) is 1.69. The molecule has 1 rings (SSSR count). The number of hydrogen-bond acceptors (Lipinski definition) is 2. The van der Waals surface area contributed by atoms with E-state index in [1.165, 1.54) is 0 Å². The Kier molecular flexibility index (Phi) is 1.05. The molecule has 36 valence electrons. The second-order valence-corrected chi connectivity index (χ2v) is 1.44. The van der Waals surface area contributed by atoms with Crippen LogP contribution in [-0.4, -0.2) is 18.1 Å². The molecule has 0 bridgehead atoms. The van der Waals surface area contributed by atoms with Gasteiger partial charge in [0.15, 0.2) is 0 Å². The van der Waals surface area contributed by atoms with Crippen LogP contribution in [0, 0.1) is 0 Å². The standard InChI is InChI=1S/C5H6N2/c1-5-4-6-2-3-7-5/h3H,4H2,1H3. The highest BCUT2D eigenvalue weighted by atomic mass is 14.8. The zero-order valence-electron chi connectivity index (χ0n) is 4.18. The Labute approximate surface area is 42.3 Å². The first-order valence-corrected chi connectivity index (χ1v) is 2.16. The molecule has 0 radical (unpaired) electrons. The van der Waals surface area contributed by atoms with Gasteiger partial charge in [0.25, 0.3) is 0 Å². The topological polar surface area (TPSA) is 24.7 Å². The van der Waals surface area contributed by atoms with E-state index < -0.39 is 0 Å². The molecule has 0 amide bonds. The zero-order chi connectivity index (χ0) is 5.11. The van der Waals surface area contributed by atoms with Crippen LogP contribution in [0.1, 0.15) is 6.92 Å². The maximum Gasteiger partial charge on any atom is 0.0877 e. The highest BCUT2D eigenvalue weighted by molar-refractivity contribution is 5.87. The van der Waals surface area contributed by atoms with E-state index in [0.717, 1.165) is 12.3 Å². The van der Waals surface area contributed by atoms with Crippen LogP contribution < -0.4 is 0 Å². The molecule has 0 atom stereocenters. The molecule has 0 aromatic heterocycles. The molecule has 0 aromatic rings. The minimum Gasteiger partial charge on any atom is -0.254 e. The van der Waals surface area contributed by atoms with Gasteiger partial charge in [-0.1, -0.05) is 0 Å². The predicted molar refractivity (Wildman–Crippen MR) is 30.0 cm³/mol. The maximum absolute atomic E-state index is 3.92. The van der Waals surface area contributed by atoms with E-state index in [0.29, 0.717) is 0 Å². The van der Waals surface area contributed by atoms with Gasteiger partial charge in [-0.15, -0.1) is 0 Å². The van der Waals surface area contributed by atoms with Gasteiger partial charge >= 0.3 is 0 Å². The smallest absolute Gasteiger partial charge is 0.0877 e. The molecule has 0 saturated carbocycles. The molecule has 0 saturated heterocycles. The largest absolute Gasteiger partial charge is 0.254 e. The van der Waals surface area contributed by atoms with E-state index in [4.69, 9.17) is 0 Å². The van der Waals surface area contributed by atoms with Crippen molar-refractivity contribution in [2.45, 2.75) is 6.92 Å². The summed E-state index contributed by atoms with van der Waals surface area (Å²) in [6.07, 6.45) is 1.58. The Morgan fingerprint density at radius 3 is 3.00 bits per heavy atom. The van der Waals surface area contributed by atoms with Crippen LogP contribution >= 0.6 is 0 Å². The number of nitrogens with zero attached hydrogens (tertiary/aromatic N) is 2. The molecular weight excluding hydrogens is 88.1 g/mol. The fourth-order valence-electron chi connectivity index (χ4n) is 0.381. The summed E-state index contributed by atoms with van der Waals surface area (Å²) >= 11 is 0. The van der Waals surface area contributed by atoms with Gasteiger partial charge in [-0.3, -0.25) is 4.99 Å². The summed E-state index contributed by atoms with van der Waals surface area (Å²) in [6, 6.07) is 0. The lowest BCUT2D eigenvalue weighted by Gasteiger charge is -1.90. The van der Waals surface area contributed by atoms with Gasteiger partial charge in [-0.25, -0.2) is 4.99 Å². The van der Waals surface area contributed by atoms with Crippen LogP contribution in [0.2, 0.25) is 0 Å². The molecule has 0 unspecified atom stereocenters. The molecule has 1 aliphatic heterocycles. The van der Waals surface area contributed by atoms with Crippen LogP contribution in [-0.2, 0) is 0 Å². The monoisotopic (exact) mass is 94.1 g/mol. The van der Waals surface area contributed by atoms with Crippen LogP contribution in [0.15, 0.2) is 16.2 Å². The quantitative estimate of drug-likeness (QED) is 0.421. The number of aliphatic imine (C=N–C) groups is 2. The molecular formula is C5H6N2. The first-order chi connectivity index (χ1) is 3.39. The van der Waals surface area contributed by atoms with Gasteiger partial charge < -0.3 is 0 Å². The normalized spacial score (nSPS) is 17.0. The first kappa shape index (κ1) is 4.28. The Balaban J connectivity index is 2.77. The van der Waals surface area contributed by atoms with Crippen molar-refractivity contribution in [3.05, 3.63) is 6.20 Å². The highest BCUT2D eigenvalue weighted by Crippen LogP contribution is 1.82. The lowest BCUT2D eigenvalue weighted by atomic mass is 10.4. The third-order valence-corrected chi connectivity index (χ3v) is 0.742. The fourth-order valence-corrected chi connectivity index (χ4v) is 0.381. The molecule has 1 heterocycles. The lowest BCUT2D eigenvalue weighted by molar-refractivity contribution is 1.26. The molecule has 1 aliphatic rings. The lowest BCUT2D eigenvalue weighted by Crippen LogP contribution is -1.96. The molecule has 2 heteroatoms. The number of hydrogen-bond donors (Lipinski definition) is 0. The molecule has 0 aliphatic carbocycles. The predicted octanol–water partition coefficient (Wildman–Crippen LogP) is 0.644. The van der Waals surface area contributed by atoms with Crippen molar-refractivity contribution in [1.29, 1.82) is 0 Å². The molecule has 0 aromatic carbocycles. The van der Waals surface area contributed by atoms with Gasteiger partial charge in [-0.05, 0) is 6.92 Å². The van der Waals surface area contributed by atoms with Crippen molar-refractivity contribution in [2.24, 2.45) is 9.98 Å². The second-order valence-electron chi connectivity index (χ2n) is 1.44. The molecule has 0 spiro atoms. The zero-order valence-corrected chi connectivity index (χ0v) is 4.18. The second kappa shape index (κ2) is 1.71. The van der Waals surface area contributed by atoms with Gasteiger partial charge in [0.1, 0.15) is 0 Å². The summed E-state index contributed by atoms with van der Waals surface area (Å²) in [5.74, 6) is 2.63. The van der Waals surface area contributed by atoms with Crippen molar-refractivity contribution in [3.63, 3.8) is 0 Å². The third kappa shape index (κ3) is 0.983. The van der Waals surface area contributed by atoms with E-state index in [1.807, 2.05) is 6.92 Å². The minimum atomic E-state index is 0.719. The van der Waals surface area contributed by atoms with Gasteiger partial charge in [0, 0.05) is 11.6 Å². The Morgan fingerprint density at radius 1 is 1.86 bits per heavy atom. The van der Waals surface area contributed by atoms with E-state index in [-0.39, 0.29) is 0 Å². The molecule has 0 fully saturated rings. The van der Waals surface area contributed by atoms with Crippen molar-refractivity contribution in [3.8, 4) is 0 Å². The Hall–Kier alpha value is -0.880. The van der Waals surface area contributed by atoms with E-state index in [9.17, 15) is 0 Å². The van der Waals surface area contributed by atoms with Crippen molar-refractivity contribution in [1.82, 2.24) is 0 Å². The van der Waals surface area contributed by atoms with Crippen molar-refractivity contribution >= 4 is 11.6 Å². The van der Waals surface area contributed by atoms with E-state index in [1.54, 1.807) is 6.20 Å². The van der Waals surface area contributed by atoms with Crippen LogP contribution in [0.25, 0.3) is 0 Å². The summed E-state index contributed by atoms with van der Waals surface area (Å²) in [5, 5.41) is 0. The van der Waals surface area contributed by atoms with Gasteiger partial charge in [-0.2, -0.15) is 0 Å². The maximum atomic E-state index is 3.92. The summed E-state index contributed by atoms with van der Waals surface area (Å²) in [6.45, 7) is 2.66. The average molecular weight is 94.1 g/mol. The Bertz CT molecular complexity index is 149. The molecule has 2 nitrogen and oxygen atoms in total. The third-order valence-electron chi connectivity index (χ3n) is 0.742. The van der Waals surface area contributed by atoms with E-state index >= 15 is 0 Å². The SMILES string of the molecule is CC1=NC=C=NC1. The highest BCUT2D eigenvalue weighted by Gasteiger charge is 1.85. The van der Waals surface area contributed by atoms with E-state index in [2.05, 4.69) is 15.9 Å². The minimum absolute atomic E-state index is 0.719. The molecule has 7 heavy (non-hydrogen) atoms. The van der Waals surface area contributed by atoms with Crippen LogP contribution in [0.3, 0.4) is 0 Å². The van der Waals surface area contributed by atoms with Crippen LogP contribution in [0.5, 0.6) is 0 Å². The van der Waals surface area contributed by atoms with Gasteiger partial charge in [0.2, 0.25) is 0 Å². The van der Waals surface area contributed by atoms with Gasteiger partial charge in [0.05, 0.1) is 12.7 Å². The summed E-state index contributed by atoms with van der Waals surface area (Å²) < 4.78 is 0. The van der Waals surface area contributed by atoms with Crippen molar-refractivity contribution < 1.29 is 0 Å². The first-order valence-electron chi connectivity index (χ1n) is 2.16. The van der Waals surface area contributed by atoms with Crippen molar-refractivity contribution in [2.75, 3.05) is 6.54 Å². The number of rotatable bonds is 0. The summed E-state index contributed by atoms with van der Waals surface area (Å²) in [5.41, 5.74) is 1.05. The Morgan fingerprint density at radius 2 is 2.71 bits per heavy atom. The summed E-state index contributed by atoms with van der Waals surface area (Å²) in [7, 11) is 0.